The van der Waals surface area contributed by atoms with E-state index in [9.17, 15) is 14.7 Å². The molecule has 3 aromatic rings. The lowest BCUT2D eigenvalue weighted by Gasteiger charge is -2.26. The second-order valence-corrected chi connectivity index (χ2v) is 9.31. The van der Waals surface area contributed by atoms with Crippen molar-refractivity contribution in [2.45, 2.75) is 19.4 Å². The number of aliphatic hydroxyl groups excluding tert-OH is 1. The summed E-state index contributed by atoms with van der Waals surface area (Å²) in [5, 5.41) is 11.9. The van der Waals surface area contributed by atoms with Gasteiger partial charge in [-0.3, -0.25) is 9.59 Å². The summed E-state index contributed by atoms with van der Waals surface area (Å²) in [6, 6.07) is 16.5. The van der Waals surface area contributed by atoms with E-state index in [4.69, 9.17) is 32.7 Å². The van der Waals surface area contributed by atoms with Crippen molar-refractivity contribution in [1.29, 1.82) is 0 Å². The fourth-order valence-electron chi connectivity index (χ4n) is 4.31. The molecular formula is C28H25Cl2NO5. The van der Waals surface area contributed by atoms with Gasteiger partial charge in [-0.15, -0.1) is 0 Å². The van der Waals surface area contributed by atoms with E-state index in [-0.39, 0.29) is 17.9 Å². The summed E-state index contributed by atoms with van der Waals surface area (Å²) in [6.07, 6.45) is 0.430. The second kappa shape index (κ2) is 10.6. The maximum Gasteiger partial charge on any atom is 0.295 e. The molecule has 0 spiro atoms. The molecule has 1 atom stereocenters. The highest BCUT2D eigenvalue weighted by Gasteiger charge is 2.46. The number of amides is 1. The minimum absolute atomic E-state index is 0.0135. The Kier molecular flexibility index (Phi) is 7.57. The largest absolute Gasteiger partial charge is 0.507 e. The zero-order chi connectivity index (χ0) is 26.0. The molecule has 0 radical (unpaired) electrons. The third kappa shape index (κ3) is 4.92. The molecule has 1 amide bonds. The van der Waals surface area contributed by atoms with E-state index in [1.165, 1.54) is 4.90 Å². The van der Waals surface area contributed by atoms with Crippen LogP contribution in [-0.4, -0.2) is 42.5 Å². The van der Waals surface area contributed by atoms with Crippen LogP contribution in [0.15, 0.2) is 66.2 Å². The number of ether oxygens (including phenoxy) is 2. The van der Waals surface area contributed by atoms with Crippen LogP contribution in [0, 0.1) is 6.92 Å². The van der Waals surface area contributed by atoms with E-state index in [2.05, 4.69) is 0 Å². The highest BCUT2D eigenvalue weighted by Crippen LogP contribution is 2.42. The Morgan fingerprint density at radius 2 is 1.64 bits per heavy atom. The number of ketones is 1. The first-order chi connectivity index (χ1) is 17.2. The van der Waals surface area contributed by atoms with Gasteiger partial charge in [-0.25, -0.2) is 0 Å². The lowest BCUT2D eigenvalue weighted by Crippen LogP contribution is -2.31. The lowest BCUT2D eigenvalue weighted by molar-refractivity contribution is -0.139. The van der Waals surface area contributed by atoms with Gasteiger partial charge in [-0.1, -0.05) is 65.2 Å². The molecule has 36 heavy (non-hydrogen) atoms. The number of benzene rings is 3. The van der Waals surface area contributed by atoms with Crippen LogP contribution >= 0.6 is 23.2 Å². The third-order valence-electron chi connectivity index (χ3n) is 6.21. The molecule has 0 aromatic heterocycles. The molecule has 3 aromatic carbocycles. The average Bonchev–Trinajstić information content (AvgIpc) is 3.12. The topological polar surface area (TPSA) is 76.1 Å². The number of aryl methyl sites for hydroxylation is 1. The van der Waals surface area contributed by atoms with Crippen molar-refractivity contribution in [1.82, 2.24) is 4.90 Å². The van der Waals surface area contributed by atoms with E-state index in [1.54, 1.807) is 50.6 Å². The molecule has 186 valence electrons. The van der Waals surface area contributed by atoms with E-state index in [0.29, 0.717) is 39.1 Å². The molecule has 1 N–H and O–H groups in total. The summed E-state index contributed by atoms with van der Waals surface area (Å²) < 4.78 is 10.7. The van der Waals surface area contributed by atoms with Crippen molar-refractivity contribution in [2.24, 2.45) is 0 Å². The Labute approximate surface area is 219 Å². The second-order valence-electron chi connectivity index (χ2n) is 8.46. The molecule has 0 aliphatic carbocycles. The van der Waals surface area contributed by atoms with Crippen LogP contribution in [0.1, 0.15) is 28.3 Å². The Morgan fingerprint density at radius 3 is 2.28 bits per heavy atom. The quantitative estimate of drug-likeness (QED) is 0.233. The van der Waals surface area contributed by atoms with Gasteiger partial charge < -0.3 is 19.5 Å². The highest BCUT2D eigenvalue weighted by atomic mass is 35.5. The first-order valence-electron chi connectivity index (χ1n) is 11.3. The fourth-order valence-corrected chi connectivity index (χ4v) is 4.82. The van der Waals surface area contributed by atoms with E-state index < -0.39 is 17.7 Å². The van der Waals surface area contributed by atoms with Gasteiger partial charge in [0.2, 0.25) is 0 Å². The van der Waals surface area contributed by atoms with Gasteiger partial charge in [0.25, 0.3) is 11.7 Å². The standard InChI is InChI=1S/C28H25Cl2NO5/c1-16-4-7-18(8-5-16)26(32)24-25(20-10-9-19(29)15-21(20)30)31(28(34)27(24)33)13-12-17-6-11-22(35-2)23(14-17)36-3/h4-11,14-15,25,32H,12-13H2,1-3H3/t25-/m1/s1. The van der Waals surface area contributed by atoms with Gasteiger partial charge in [0, 0.05) is 22.2 Å². The normalized spacial score (nSPS) is 16.9. The Morgan fingerprint density at radius 1 is 0.944 bits per heavy atom. The number of hydrogen-bond acceptors (Lipinski definition) is 5. The molecule has 0 bridgehead atoms. The van der Waals surface area contributed by atoms with Crippen molar-refractivity contribution < 1.29 is 24.2 Å². The van der Waals surface area contributed by atoms with Crippen molar-refractivity contribution >= 4 is 40.7 Å². The Hall–Kier alpha value is -3.48. The van der Waals surface area contributed by atoms with Crippen molar-refractivity contribution in [3.63, 3.8) is 0 Å². The van der Waals surface area contributed by atoms with Crippen molar-refractivity contribution in [3.05, 3.63) is 98.5 Å². The number of aliphatic hydroxyl groups is 1. The van der Waals surface area contributed by atoms with Crippen LogP contribution < -0.4 is 9.47 Å². The molecule has 1 heterocycles. The molecular weight excluding hydrogens is 501 g/mol. The lowest BCUT2D eigenvalue weighted by atomic mass is 9.95. The molecule has 1 aliphatic rings. The van der Waals surface area contributed by atoms with Crippen LogP contribution in [0.4, 0.5) is 0 Å². The number of nitrogens with zero attached hydrogens (tertiary/aromatic N) is 1. The Bertz CT molecular complexity index is 1350. The molecule has 1 fully saturated rings. The van der Waals surface area contributed by atoms with Crippen LogP contribution in [0.5, 0.6) is 11.5 Å². The van der Waals surface area contributed by atoms with Gasteiger partial charge in [-0.2, -0.15) is 0 Å². The molecule has 8 heteroatoms. The molecule has 1 aliphatic heterocycles. The maximum absolute atomic E-state index is 13.2. The number of halogens is 2. The summed E-state index contributed by atoms with van der Waals surface area (Å²) in [4.78, 5) is 27.9. The van der Waals surface area contributed by atoms with E-state index in [0.717, 1.165) is 11.1 Å². The van der Waals surface area contributed by atoms with Gasteiger partial charge in [0.1, 0.15) is 5.76 Å². The smallest absolute Gasteiger partial charge is 0.295 e. The summed E-state index contributed by atoms with van der Waals surface area (Å²) in [5.41, 5.74) is 2.81. The molecule has 1 saturated heterocycles. The monoisotopic (exact) mass is 525 g/mol. The summed E-state index contributed by atoms with van der Waals surface area (Å²) in [6.45, 7) is 2.12. The molecule has 4 rings (SSSR count). The van der Waals surface area contributed by atoms with Gasteiger partial charge in [0.15, 0.2) is 11.5 Å². The first kappa shape index (κ1) is 25.6. The summed E-state index contributed by atoms with van der Waals surface area (Å²) in [7, 11) is 3.11. The maximum atomic E-state index is 13.2. The minimum Gasteiger partial charge on any atom is -0.507 e. The SMILES string of the molecule is COc1ccc(CCN2C(=O)C(=O)C(=C(O)c3ccc(C)cc3)[C@H]2c2ccc(Cl)cc2Cl)cc1OC. The van der Waals surface area contributed by atoms with Crippen LogP contribution in [0.2, 0.25) is 10.0 Å². The molecule has 0 unspecified atom stereocenters. The van der Waals surface area contributed by atoms with Gasteiger partial charge >= 0.3 is 0 Å². The number of rotatable bonds is 7. The van der Waals surface area contributed by atoms with Crippen LogP contribution in [0.25, 0.3) is 5.76 Å². The third-order valence-corrected chi connectivity index (χ3v) is 6.77. The molecule has 0 saturated carbocycles. The number of methoxy groups -OCH3 is 2. The highest BCUT2D eigenvalue weighted by molar-refractivity contribution is 6.47. The number of Topliss-reactive ketones (excluding diaryl/α,β-unsaturated/α-hetero) is 1. The zero-order valence-corrected chi connectivity index (χ0v) is 21.6. The summed E-state index contributed by atoms with van der Waals surface area (Å²) in [5.74, 6) is -0.573. The van der Waals surface area contributed by atoms with Crippen LogP contribution in [-0.2, 0) is 16.0 Å². The van der Waals surface area contributed by atoms with E-state index >= 15 is 0 Å². The number of carbonyl (C=O) groups excluding carboxylic acids is 2. The predicted molar refractivity (Wildman–Crippen MR) is 140 cm³/mol. The molecule has 6 nitrogen and oxygen atoms in total. The predicted octanol–water partition coefficient (Wildman–Crippen LogP) is 5.98. The Balaban J connectivity index is 1.77. The average molecular weight is 526 g/mol. The van der Waals surface area contributed by atoms with Gasteiger partial charge in [-0.05, 0) is 48.7 Å². The van der Waals surface area contributed by atoms with E-state index in [1.807, 2.05) is 31.2 Å². The minimum atomic E-state index is -0.879. The van der Waals surface area contributed by atoms with Crippen LogP contribution in [0.3, 0.4) is 0 Å². The van der Waals surface area contributed by atoms with Crippen molar-refractivity contribution in [3.8, 4) is 11.5 Å². The number of carbonyl (C=O) groups is 2. The van der Waals surface area contributed by atoms with Crippen molar-refractivity contribution in [2.75, 3.05) is 20.8 Å². The zero-order valence-electron chi connectivity index (χ0n) is 20.0. The van der Waals surface area contributed by atoms with Gasteiger partial charge in [0.05, 0.1) is 25.8 Å². The number of hydrogen-bond donors (Lipinski definition) is 1. The number of likely N-dealkylation sites (tertiary alicyclic amines) is 1. The first-order valence-corrected chi connectivity index (χ1v) is 12.0. The fraction of sp³-hybridized carbons (Fsp3) is 0.214. The summed E-state index contributed by atoms with van der Waals surface area (Å²) >= 11 is 12.6.